The lowest BCUT2D eigenvalue weighted by atomic mass is 10.1. The lowest BCUT2D eigenvalue weighted by Crippen LogP contribution is -2.51. The molecule has 0 bridgehead atoms. The fourth-order valence-electron chi connectivity index (χ4n) is 4.02. The topological polar surface area (TPSA) is 86.8 Å². The summed E-state index contributed by atoms with van der Waals surface area (Å²) in [7, 11) is -4.13. The van der Waals surface area contributed by atoms with Crippen LogP contribution in [0.1, 0.15) is 37.5 Å². The Morgan fingerprint density at radius 3 is 2.17 bits per heavy atom. The highest BCUT2D eigenvalue weighted by Gasteiger charge is 2.33. The molecule has 1 N–H and O–H groups in total. The second kappa shape index (κ2) is 13.5. The lowest BCUT2D eigenvalue weighted by Gasteiger charge is -2.32. The minimum atomic E-state index is -4.13. The van der Waals surface area contributed by atoms with E-state index in [0.717, 1.165) is 15.4 Å². The minimum Gasteiger partial charge on any atom is -0.354 e. The van der Waals surface area contributed by atoms with Crippen LogP contribution in [-0.2, 0) is 26.2 Å². The van der Waals surface area contributed by atoms with Gasteiger partial charge in [-0.25, -0.2) is 8.42 Å². The van der Waals surface area contributed by atoms with Gasteiger partial charge in [0.1, 0.15) is 12.6 Å². The second-order valence-corrected chi connectivity index (χ2v) is 12.9. The third kappa shape index (κ3) is 7.99. The number of hydrogen-bond acceptors (Lipinski definition) is 4. The van der Waals surface area contributed by atoms with E-state index >= 15 is 0 Å². The first-order chi connectivity index (χ1) is 18.8. The average molecular weight is 605 g/mol. The summed E-state index contributed by atoms with van der Waals surface area (Å²) in [4.78, 5) is 28.5. The van der Waals surface area contributed by atoms with E-state index in [1.54, 1.807) is 55.5 Å². The molecule has 40 heavy (non-hydrogen) atoms. The number of hydrogen-bond donors (Lipinski definition) is 1. The van der Waals surface area contributed by atoms with Crippen LogP contribution < -0.4 is 9.62 Å². The predicted octanol–water partition coefficient (Wildman–Crippen LogP) is 6.00. The number of nitrogens with one attached hydrogen (secondary N) is 1. The number of halogens is 2. The van der Waals surface area contributed by atoms with Crippen LogP contribution in [0.2, 0.25) is 10.0 Å². The van der Waals surface area contributed by atoms with Crippen molar-refractivity contribution < 1.29 is 18.0 Å². The smallest absolute Gasteiger partial charge is 0.264 e. The van der Waals surface area contributed by atoms with Gasteiger partial charge in [0.05, 0.1) is 10.6 Å². The summed E-state index contributed by atoms with van der Waals surface area (Å²) in [6.45, 7) is 9.16. The van der Waals surface area contributed by atoms with Crippen LogP contribution in [0.25, 0.3) is 0 Å². The summed E-state index contributed by atoms with van der Waals surface area (Å²) in [6, 6.07) is 17.4. The van der Waals surface area contributed by atoms with E-state index in [1.807, 2.05) is 33.8 Å². The monoisotopic (exact) mass is 603 g/mol. The number of sulfonamides is 1. The van der Waals surface area contributed by atoms with E-state index < -0.39 is 28.5 Å². The molecular formula is C30H35Cl2N3O4S. The van der Waals surface area contributed by atoms with Crippen molar-refractivity contribution in [3.8, 4) is 0 Å². The van der Waals surface area contributed by atoms with Crippen molar-refractivity contribution in [3.63, 3.8) is 0 Å². The maximum absolute atomic E-state index is 14.0. The number of aryl methyl sites for hydroxylation is 2. The van der Waals surface area contributed by atoms with E-state index in [-0.39, 0.29) is 23.3 Å². The summed E-state index contributed by atoms with van der Waals surface area (Å²) in [6.07, 6.45) is 0. The van der Waals surface area contributed by atoms with Crippen LogP contribution in [0.3, 0.4) is 0 Å². The highest BCUT2D eigenvalue weighted by molar-refractivity contribution is 7.92. The van der Waals surface area contributed by atoms with Gasteiger partial charge in [-0.3, -0.25) is 13.9 Å². The Morgan fingerprint density at radius 1 is 0.900 bits per heavy atom. The Labute approximate surface area is 247 Å². The number of benzene rings is 3. The first-order valence-electron chi connectivity index (χ1n) is 13.0. The van der Waals surface area contributed by atoms with Crippen molar-refractivity contribution in [2.75, 3.05) is 17.4 Å². The molecule has 10 heteroatoms. The van der Waals surface area contributed by atoms with Gasteiger partial charge >= 0.3 is 0 Å². The molecule has 0 spiro atoms. The largest absolute Gasteiger partial charge is 0.354 e. The van der Waals surface area contributed by atoms with Crippen molar-refractivity contribution in [2.45, 2.75) is 52.1 Å². The molecule has 0 aliphatic carbocycles. The normalized spacial score (nSPS) is 12.2. The van der Waals surface area contributed by atoms with Gasteiger partial charge in [-0.15, -0.1) is 0 Å². The number of rotatable bonds is 11. The molecule has 0 aliphatic rings. The van der Waals surface area contributed by atoms with Gasteiger partial charge in [-0.1, -0.05) is 72.9 Å². The average Bonchev–Trinajstić information content (AvgIpc) is 2.89. The van der Waals surface area contributed by atoms with Gasteiger partial charge in [-0.2, -0.15) is 0 Å². The van der Waals surface area contributed by atoms with Gasteiger partial charge in [0.2, 0.25) is 11.8 Å². The van der Waals surface area contributed by atoms with Crippen LogP contribution in [0.15, 0.2) is 71.6 Å². The Bertz CT molecular complexity index is 1460. The molecule has 214 valence electrons. The Balaban J connectivity index is 2.04. The van der Waals surface area contributed by atoms with Crippen molar-refractivity contribution in [3.05, 3.63) is 93.5 Å². The molecule has 1 atom stereocenters. The number of amides is 2. The summed E-state index contributed by atoms with van der Waals surface area (Å²) >= 11 is 12.5. The maximum Gasteiger partial charge on any atom is 0.264 e. The Morgan fingerprint density at radius 2 is 1.57 bits per heavy atom. The highest BCUT2D eigenvalue weighted by Crippen LogP contribution is 2.27. The molecule has 0 aromatic heterocycles. The molecule has 0 saturated heterocycles. The number of carbonyl (C=O) groups excluding carboxylic acids is 2. The standard InChI is InChI=1S/C30H35Cl2N3O4S/c1-20(2)17-33-30(37)23(5)34(18-24-11-12-25(31)16-28(24)32)29(36)19-35(26-8-6-7-22(4)15-26)40(38,39)27-13-9-21(3)10-14-27/h6-16,20,23H,17-19H2,1-5H3,(H,33,37)/t23-/m1/s1. The van der Waals surface area contributed by atoms with Crippen LogP contribution in [0, 0.1) is 19.8 Å². The molecule has 3 aromatic rings. The van der Waals surface area contributed by atoms with Crippen LogP contribution >= 0.6 is 23.2 Å². The summed E-state index contributed by atoms with van der Waals surface area (Å²) < 4.78 is 28.9. The molecule has 0 radical (unpaired) electrons. The first-order valence-corrected chi connectivity index (χ1v) is 15.2. The number of anilines is 1. The van der Waals surface area contributed by atoms with Gasteiger partial charge < -0.3 is 10.2 Å². The molecule has 2 amide bonds. The van der Waals surface area contributed by atoms with E-state index in [0.29, 0.717) is 27.8 Å². The Kier molecular flexibility index (Phi) is 10.6. The molecule has 0 saturated carbocycles. The molecule has 3 rings (SSSR count). The fourth-order valence-corrected chi connectivity index (χ4v) is 5.89. The molecular weight excluding hydrogens is 569 g/mol. The summed E-state index contributed by atoms with van der Waals surface area (Å²) in [5, 5.41) is 3.63. The van der Waals surface area contributed by atoms with Gasteiger partial charge in [-0.05, 0) is 74.2 Å². The summed E-state index contributed by atoms with van der Waals surface area (Å²) in [5.74, 6) is -0.700. The van der Waals surface area contributed by atoms with Crippen molar-refractivity contribution in [1.82, 2.24) is 10.2 Å². The lowest BCUT2D eigenvalue weighted by molar-refractivity contribution is -0.139. The zero-order chi connectivity index (χ0) is 29.6. The van der Waals surface area contributed by atoms with Gasteiger partial charge in [0.15, 0.2) is 0 Å². The number of carbonyl (C=O) groups is 2. The van der Waals surface area contributed by atoms with E-state index in [2.05, 4.69) is 5.32 Å². The van der Waals surface area contributed by atoms with Crippen LogP contribution in [0.5, 0.6) is 0 Å². The van der Waals surface area contributed by atoms with Gasteiger partial charge in [0.25, 0.3) is 10.0 Å². The number of nitrogens with zero attached hydrogens (tertiary/aromatic N) is 2. The van der Waals surface area contributed by atoms with Crippen molar-refractivity contribution in [2.24, 2.45) is 5.92 Å². The zero-order valence-electron chi connectivity index (χ0n) is 23.3. The van der Waals surface area contributed by atoms with Crippen LogP contribution in [0.4, 0.5) is 5.69 Å². The van der Waals surface area contributed by atoms with E-state index in [4.69, 9.17) is 23.2 Å². The van der Waals surface area contributed by atoms with E-state index in [1.165, 1.54) is 17.0 Å². The SMILES string of the molecule is Cc1ccc(S(=O)(=O)N(CC(=O)N(Cc2ccc(Cl)cc2Cl)[C@H](C)C(=O)NCC(C)C)c2cccc(C)c2)cc1. The molecule has 7 nitrogen and oxygen atoms in total. The Hall–Kier alpha value is -3.07. The predicted molar refractivity (Wildman–Crippen MR) is 161 cm³/mol. The maximum atomic E-state index is 14.0. The molecule has 0 unspecified atom stereocenters. The third-order valence-electron chi connectivity index (χ3n) is 6.39. The molecule has 0 heterocycles. The quantitative estimate of drug-likeness (QED) is 0.291. The van der Waals surface area contributed by atoms with Gasteiger partial charge in [0, 0.05) is 23.1 Å². The van der Waals surface area contributed by atoms with E-state index in [9.17, 15) is 18.0 Å². The van der Waals surface area contributed by atoms with Crippen molar-refractivity contribution >= 4 is 50.7 Å². The summed E-state index contributed by atoms with van der Waals surface area (Å²) in [5.41, 5.74) is 2.66. The van der Waals surface area contributed by atoms with Crippen LogP contribution in [-0.4, -0.2) is 44.3 Å². The van der Waals surface area contributed by atoms with Crippen molar-refractivity contribution in [1.29, 1.82) is 0 Å². The molecule has 3 aromatic carbocycles. The molecule has 0 fully saturated rings. The second-order valence-electron chi connectivity index (χ2n) is 10.2. The third-order valence-corrected chi connectivity index (χ3v) is 8.76. The first kappa shape index (κ1) is 31.5. The molecule has 0 aliphatic heterocycles. The fraction of sp³-hybridized carbons (Fsp3) is 0.333. The highest BCUT2D eigenvalue weighted by atomic mass is 35.5. The minimum absolute atomic E-state index is 0.0165. The zero-order valence-corrected chi connectivity index (χ0v) is 25.6.